The van der Waals surface area contributed by atoms with E-state index in [1.165, 1.54) is 0 Å². The summed E-state index contributed by atoms with van der Waals surface area (Å²) in [5.74, 6) is -2.20. The highest BCUT2D eigenvalue weighted by atomic mass is 16.2. The Morgan fingerprint density at radius 2 is 1.24 bits per heavy atom. The molecule has 0 saturated heterocycles. The van der Waals surface area contributed by atoms with E-state index in [2.05, 4.69) is 20.9 Å². The molecule has 3 atom stereocenters. The van der Waals surface area contributed by atoms with Crippen molar-refractivity contribution in [3.63, 3.8) is 0 Å². The zero-order chi connectivity index (χ0) is 30.0. The second-order valence-electron chi connectivity index (χ2n) is 9.73. The van der Waals surface area contributed by atoms with Crippen LogP contribution in [0.5, 0.6) is 0 Å². The number of nitrogens with two attached hydrogens (primary N) is 4. The number of unbranched alkanes of at least 4 members (excludes halogenated alkanes) is 1. The van der Waals surface area contributed by atoms with Gasteiger partial charge in [0.15, 0.2) is 5.96 Å². The average molecular weight is 567 g/mol. The maximum absolute atomic E-state index is 13.5. The van der Waals surface area contributed by atoms with Crippen LogP contribution in [0.2, 0.25) is 0 Å². The van der Waals surface area contributed by atoms with Crippen LogP contribution in [-0.4, -0.2) is 60.8 Å². The van der Waals surface area contributed by atoms with Crippen LogP contribution in [0.25, 0.3) is 0 Å². The number of hydrogen-bond donors (Lipinski definition) is 7. The Hall–Kier alpha value is -4.45. The van der Waals surface area contributed by atoms with Gasteiger partial charge in [0.1, 0.15) is 18.1 Å². The van der Waals surface area contributed by atoms with E-state index in [4.69, 9.17) is 22.9 Å². The average Bonchev–Trinajstić information content (AvgIpc) is 2.94. The topological polar surface area (TPSA) is 221 Å². The van der Waals surface area contributed by atoms with Gasteiger partial charge in [-0.1, -0.05) is 60.7 Å². The first-order chi connectivity index (χ1) is 19.7. The number of carbonyl (C=O) groups excluding carboxylic acids is 4. The first kappa shape index (κ1) is 32.8. The fraction of sp³-hybridized carbons (Fsp3) is 0.414. The van der Waals surface area contributed by atoms with Crippen LogP contribution in [0.3, 0.4) is 0 Å². The fourth-order valence-electron chi connectivity index (χ4n) is 4.18. The molecule has 0 heterocycles. The molecule has 12 heteroatoms. The number of guanidine groups is 1. The highest BCUT2D eigenvalue weighted by molar-refractivity contribution is 5.94. The number of hydrogen-bond acceptors (Lipinski definition) is 6. The zero-order valence-electron chi connectivity index (χ0n) is 23.3. The summed E-state index contributed by atoms with van der Waals surface area (Å²) in [6.45, 7) is 0.686. The summed E-state index contributed by atoms with van der Waals surface area (Å²) in [6.07, 6.45) is 2.42. The highest BCUT2D eigenvalue weighted by Crippen LogP contribution is 2.08. The fourth-order valence-corrected chi connectivity index (χ4v) is 4.18. The maximum atomic E-state index is 13.5. The molecule has 0 bridgehead atoms. The predicted molar refractivity (Wildman–Crippen MR) is 158 cm³/mol. The first-order valence-electron chi connectivity index (χ1n) is 13.7. The van der Waals surface area contributed by atoms with Crippen molar-refractivity contribution in [2.45, 2.75) is 63.1 Å². The van der Waals surface area contributed by atoms with E-state index in [9.17, 15) is 19.2 Å². The van der Waals surface area contributed by atoms with Crippen molar-refractivity contribution in [3.05, 3.63) is 71.8 Å². The van der Waals surface area contributed by atoms with E-state index < -0.39 is 35.8 Å². The molecule has 0 aliphatic heterocycles. The molecule has 222 valence electrons. The summed E-state index contributed by atoms with van der Waals surface area (Å²) < 4.78 is 0. The summed E-state index contributed by atoms with van der Waals surface area (Å²) in [4.78, 5) is 55.5. The summed E-state index contributed by atoms with van der Waals surface area (Å²) in [7, 11) is 0. The standard InChI is InChI=1S/C29H42N8O4/c30-16-8-7-14-23(27(40)36-22(26(31)39)15-9-17-34-29(32)33)37-28(41)24(18-20-10-3-1-4-11-20)35-25(38)19-21-12-5-2-6-13-21/h1-6,10-13,22-24H,7-9,14-19,30H2,(H2,31,39)(H,35,38)(H,36,40)(H,37,41)(H4,32,33,34)/t22-,23-,24-/m0/s1. The lowest BCUT2D eigenvalue weighted by molar-refractivity contribution is -0.133. The lowest BCUT2D eigenvalue weighted by Crippen LogP contribution is -2.56. The Balaban J connectivity index is 2.16. The molecule has 0 radical (unpaired) electrons. The summed E-state index contributed by atoms with van der Waals surface area (Å²) in [5.41, 5.74) is 23.4. The minimum absolute atomic E-state index is 0.0757. The summed E-state index contributed by atoms with van der Waals surface area (Å²) in [5, 5.41) is 8.24. The van der Waals surface area contributed by atoms with Gasteiger partial charge in [0.2, 0.25) is 23.6 Å². The third-order valence-electron chi connectivity index (χ3n) is 6.33. The molecular formula is C29H42N8O4. The molecule has 11 N–H and O–H groups in total. The predicted octanol–water partition coefficient (Wildman–Crippen LogP) is -0.406. The van der Waals surface area contributed by atoms with Crippen LogP contribution in [-0.2, 0) is 32.0 Å². The molecule has 2 aromatic rings. The minimum atomic E-state index is -0.976. The zero-order valence-corrected chi connectivity index (χ0v) is 23.3. The molecule has 0 fully saturated rings. The van der Waals surface area contributed by atoms with Crippen molar-refractivity contribution in [3.8, 4) is 0 Å². The maximum Gasteiger partial charge on any atom is 0.243 e. The second kappa shape index (κ2) is 18.0. The van der Waals surface area contributed by atoms with Crippen LogP contribution in [0, 0.1) is 0 Å². The van der Waals surface area contributed by atoms with Gasteiger partial charge >= 0.3 is 0 Å². The number of carbonyl (C=O) groups is 4. The number of primary amides is 1. The number of benzene rings is 2. The third kappa shape index (κ3) is 13.0. The van der Waals surface area contributed by atoms with Crippen molar-refractivity contribution in [2.75, 3.05) is 13.1 Å². The van der Waals surface area contributed by atoms with Crippen molar-refractivity contribution in [1.82, 2.24) is 16.0 Å². The van der Waals surface area contributed by atoms with Crippen LogP contribution >= 0.6 is 0 Å². The number of nitrogens with zero attached hydrogens (tertiary/aromatic N) is 1. The summed E-state index contributed by atoms with van der Waals surface area (Å²) in [6, 6.07) is 15.6. The van der Waals surface area contributed by atoms with E-state index in [0.29, 0.717) is 25.8 Å². The van der Waals surface area contributed by atoms with E-state index in [-0.39, 0.29) is 44.1 Å². The van der Waals surface area contributed by atoms with E-state index in [0.717, 1.165) is 11.1 Å². The molecular weight excluding hydrogens is 524 g/mol. The minimum Gasteiger partial charge on any atom is -0.370 e. The SMILES string of the molecule is NCCCC[C@H](NC(=O)[C@H](Cc1ccccc1)NC(=O)Cc1ccccc1)C(=O)N[C@@H](CCCN=C(N)N)C(N)=O. The number of nitrogens with one attached hydrogen (secondary N) is 3. The Bertz CT molecular complexity index is 1140. The Kier molecular flexibility index (Phi) is 14.4. The van der Waals surface area contributed by atoms with Crippen molar-refractivity contribution >= 4 is 29.6 Å². The Morgan fingerprint density at radius 1 is 0.683 bits per heavy atom. The normalized spacial score (nSPS) is 12.8. The molecule has 4 amide bonds. The largest absolute Gasteiger partial charge is 0.370 e. The van der Waals surface area contributed by atoms with Gasteiger partial charge in [-0.2, -0.15) is 0 Å². The molecule has 12 nitrogen and oxygen atoms in total. The number of rotatable bonds is 18. The monoisotopic (exact) mass is 566 g/mol. The lowest BCUT2D eigenvalue weighted by Gasteiger charge is -2.25. The molecule has 0 saturated carbocycles. The number of aliphatic imine (C=N–C) groups is 1. The van der Waals surface area contributed by atoms with E-state index in [1.54, 1.807) is 0 Å². The van der Waals surface area contributed by atoms with Gasteiger partial charge in [0, 0.05) is 13.0 Å². The Morgan fingerprint density at radius 3 is 1.83 bits per heavy atom. The van der Waals surface area contributed by atoms with Crippen molar-refractivity contribution in [2.24, 2.45) is 27.9 Å². The number of amides is 4. The van der Waals surface area contributed by atoms with E-state index >= 15 is 0 Å². The van der Waals surface area contributed by atoms with Gasteiger partial charge in [-0.05, 0) is 49.8 Å². The van der Waals surface area contributed by atoms with Crippen LogP contribution in [0.15, 0.2) is 65.7 Å². The molecule has 2 rings (SSSR count). The molecule has 0 spiro atoms. The molecule has 0 aliphatic carbocycles. The van der Waals surface area contributed by atoms with Gasteiger partial charge in [0.05, 0.1) is 6.42 Å². The van der Waals surface area contributed by atoms with Gasteiger partial charge in [-0.3, -0.25) is 24.2 Å². The van der Waals surface area contributed by atoms with Crippen LogP contribution in [0.4, 0.5) is 0 Å². The van der Waals surface area contributed by atoms with E-state index in [1.807, 2.05) is 60.7 Å². The quantitative estimate of drug-likeness (QED) is 0.0717. The van der Waals surface area contributed by atoms with Crippen molar-refractivity contribution < 1.29 is 19.2 Å². The molecule has 0 aromatic heterocycles. The molecule has 0 unspecified atom stereocenters. The third-order valence-corrected chi connectivity index (χ3v) is 6.33. The second-order valence-corrected chi connectivity index (χ2v) is 9.73. The lowest BCUT2D eigenvalue weighted by atomic mass is 10.0. The van der Waals surface area contributed by atoms with Gasteiger partial charge in [0.25, 0.3) is 0 Å². The van der Waals surface area contributed by atoms with Crippen molar-refractivity contribution in [1.29, 1.82) is 0 Å². The van der Waals surface area contributed by atoms with Crippen LogP contribution < -0.4 is 38.9 Å². The van der Waals surface area contributed by atoms with Gasteiger partial charge in [-0.15, -0.1) is 0 Å². The van der Waals surface area contributed by atoms with Crippen LogP contribution in [0.1, 0.15) is 43.2 Å². The van der Waals surface area contributed by atoms with Gasteiger partial charge in [-0.25, -0.2) is 0 Å². The highest BCUT2D eigenvalue weighted by Gasteiger charge is 2.29. The Labute approximate surface area is 240 Å². The summed E-state index contributed by atoms with van der Waals surface area (Å²) >= 11 is 0. The molecule has 41 heavy (non-hydrogen) atoms. The smallest absolute Gasteiger partial charge is 0.243 e. The molecule has 0 aliphatic rings. The molecule has 2 aromatic carbocycles. The van der Waals surface area contributed by atoms with Gasteiger partial charge < -0.3 is 38.9 Å². The first-order valence-corrected chi connectivity index (χ1v) is 13.7.